The third kappa shape index (κ3) is 4.46. The largest absolute Gasteiger partial charge is 0.340 e. The molecule has 0 saturated carbocycles. The number of carbonyl (C=O) groups is 2. The molecule has 2 heterocycles. The van der Waals surface area contributed by atoms with Crippen LogP contribution in [0.15, 0.2) is 59.5 Å². The third-order valence-corrected chi connectivity index (χ3v) is 8.45. The van der Waals surface area contributed by atoms with Gasteiger partial charge in [-0.15, -0.1) is 0 Å². The lowest BCUT2D eigenvalue weighted by atomic mass is 10.2. The Kier molecular flexibility index (Phi) is 6.16. The summed E-state index contributed by atoms with van der Waals surface area (Å²) in [5.74, 6) is 0.166. The molecule has 1 N–H and O–H groups in total. The summed E-state index contributed by atoms with van der Waals surface area (Å²) in [5, 5.41) is 7.71. The first kappa shape index (κ1) is 23.3. The van der Waals surface area contributed by atoms with Crippen LogP contribution in [-0.2, 0) is 27.7 Å². The van der Waals surface area contributed by atoms with Crippen molar-refractivity contribution in [1.82, 2.24) is 19.0 Å². The van der Waals surface area contributed by atoms with Crippen LogP contribution in [0.2, 0.25) is 0 Å². The van der Waals surface area contributed by atoms with Crippen LogP contribution >= 0.6 is 0 Å². The monoisotopic (exact) mass is 493 g/mol. The number of aromatic nitrogens is 2. The van der Waals surface area contributed by atoms with E-state index in [1.807, 2.05) is 30.3 Å². The number of fused-ring (bicyclic) bond motifs is 1. The average Bonchev–Trinajstić information content (AvgIpc) is 3.47. The fourth-order valence-electron chi connectivity index (χ4n) is 4.65. The predicted octanol–water partition coefficient (Wildman–Crippen LogP) is 2.47. The molecule has 0 radical (unpaired) electrons. The number of hydrogen-bond donors (Lipinski definition) is 1. The summed E-state index contributed by atoms with van der Waals surface area (Å²) >= 11 is 0. The zero-order chi connectivity index (χ0) is 24.6. The number of sulfonamides is 1. The molecule has 2 amide bonds. The molecule has 182 valence electrons. The lowest BCUT2D eigenvalue weighted by molar-refractivity contribution is -0.129. The van der Waals surface area contributed by atoms with Gasteiger partial charge in [-0.1, -0.05) is 24.3 Å². The second-order valence-electron chi connectivity index (χ2n) is 8.77. The molecular weight excluding hydrogens is 466 g/mol. The van der Waals surface area contributed by atoms with Crippen LogP contribution in [0.4, 0.5) is 5.82 Å². The fraction of sp³-hybridized carbons (Fsp3) is 0.320. The first-order valence-corrected chi connectivity index (χ1v) is 13.1. The van der Waals surface area contributed by atoms with Crippen molar-refractivity contribution in [1.29, 1.82) is 0 Å². The summed E-state index contributed by atoms with van der Waals surface area (Å²) in [6, 6.07) is 15.7. The lowest BCUT2D eigenvalue weighted by Crippen LogP contribution is -2.49. The number of para-hydroxylation sites is 1. The van der Waals surface area contributed by atoms with Gasteiger partial charge in [0.25, 0.3) is 5.91 Å². The summed E-state index contributed by atoms with van der Waals surface area (Å²) in [4.78, 5) is 26.5. The van der Waals surface area contributed by atoms with Gasteiger partial charge in [0, 0.05) is 44.2 Å². The summed E-state index contributed by atoms with van der Waals surface area (Å²) in [7, 11) is -3.79. The highest BCUT2D eigenvalue weighted by molar-refractivity contribution is 7.89. The second kappa shape index (κ2) is 9.27. The number of rotatable bonds is 5. The summed E-state index contributed by atoms with van der Waals surface area (Å²) in [5.41, 5.74) is 3.10. The minimum Gasteiger partial charge on any atom is -0.340 e. The van der Waals surface area contributed by atoms with Crippen molar-refractivity contribution in [3.8, 4) is 5.69 Å². The van der Waals surface area contributed by atoms with Crippen molar-refractivity contribution in [3.63, 3.8) is 0 Å². The molecule has 0 bridgehead atoms. The van der Waals surface area contributed by atoms with Crippen molar-refractivity contribution in [3.05, 3.63) is 71.4 Å². The van der Waals surface area contributed by atoms with E-state index in [4.69, 9.17) is 5.10 Å². The summed E-state index contributed by atoms with van der Waals surface area (Å²) in [6.45, 7) is 2.62. The van der Waals surface area contributed by atoms with E-state index in [1.165, 1.54) is 23.4 Å². The van der Waals surface area contributed by atoms with Gasteiger partial charge in [0.05, 0.1) is 16.3 Å². The first-order valence-electron chi connectivity index (χ1n) is 11.7. The Morgan fingerprint density at radius 3 is 2.40 bits per heavy atom. The molecule has 1 aliphatic carbocycles. The van der Waals surface area contributed by atoms with E-state index >= 15 is 0 Å². The van der Waals surface area contributed by atoms with Gasteiger partial charge in [0.2, 0.25) is 15.9 Å². The third-order valence-electron chi connectivity index (χ3n) is 6.56. The lowest BCUT2D eigenvalue weighted by Gasteiger charge is -2.33. The maximum Gasteiger partial charge on any atom is 0.256 e. The second-order valence-corrected chi connectivity index (χ2v) is 10.7. The van der Waals surface area contributed by atoms with Crippen LogP contribution in [0.1, 0.15) is 35.0 Å². The van der Waals surface area contributed by atoms with Crippen molar-refractivity contribution >= 4 is 27.7 Å². The minimum absolute atomic E-state index is 0.0585. The molecule has 2 aliphatic rings. The SMILES string of the molecule is CC(=O)N1CCN(S(=O)(=O)c2cccc(C(=O)Nc3c4c(nn3-c3ccccc3)CCC4)c2)CC1. The Labute approximate surface area is 204 Å². The number of aryl methyl sites for hydroxylation is 1. The van der Waals surface area contributed by atoms with E-state index in [9.17, 15) is 18.0 Å². The Morgan fingerprint density at radius 1 is 0.943 bits per heavy atom. The highest BCUT2D eigenvalue weighted by atomic mass is 32.2. The highest BCUT2D eigenvalue weighted by Crippen LogP contribution is 2.31. The van der Waals surface area contributed by atoms with Gasteiger partial charge < -0.3 is 10.2 Å². The Morgan fingerprint density at radius 2 is 1.69 bits per heavy atom. The number of amides is 2. The van der Waals surface area contributed by atoms with Crippen molar-refractivity contribution in [2.45, 2.75) is 31.1 Å². The van der Waals surface area contributed by atoms with Crippen LogP contribution in [0, 0.1) is 0 Å². The Bertz CT molecular complexity index is 1380. The van der Waals surface area contributed by atoms with Crippen LogP contribution in [0.3, 0.4) is 0 Å². The highest BCUT2D eigenvalue weighted by Gasteiger charge is 2.30. The number of benzene rings is 2. The molecule has 0 atom stereocenters. The van der Waals surface area contributed by atoms with Crippen molar-refractivity contribution < 1.29 is 18.0 Å². The molecule has 10 heteroatoms. The summed E-state index contributed by atoms with van der Waals surface area (Å²) < 4.78 is 29.6. The van der Waals surface area contributed by atoms with E-state index in [2.05, 4.69) is 5.32 Å². The molecule has 3 aromatic rings. The zero-order valence-electron chi connectivity index (χ0n) is 19.5. The number of anilines is 1. The Hall–Kier alpha value is -3.50. The smallest absolute Gasteiger partial charge is 0.256 e. The number of nitrogens with zero attached hydrogens (tertiary/aromatic N) is 4. The number of nitrogens with one attached hydrogen (secondary N) is 1. The maximum absolute atomic E-state index is 13.3. The maximum atomic E-state index is 13.3. The number of hydrogen-bond acceptors (Lipinski definition) is 5. The number of carbonyl (C=O) groups excluding carboxylic acids is 2. The normalized spacial score (nSPS) is 16.2. The van der Waals surface area contributed by atoms with Gasteiger partial charge in [0.15, 0.2) is 0 Å². The van der Waals surface area contributed by atoms with Gasteiger partial charge in [-0.2, -0.15) is 9.40 Å². The number of piperazine rings is 1. The molecule has 1 aromatic heterocycles. The quantitative estimate of drug-likeness (QED) is 0.588. The zero-order valence-corrected chi connectivity index (χ0v) is 20.3. The molecular formula is C25H27N5O4S. The van der Waals surface area contributed by atoms with Gasteiger partial charge >= 0.3 is 0 Å². The molecule has 1 aliphatic heterocycles. The van der Waals surface area contributed by atoms with Crippen LogP contribution in [0.25, 0.3) is 5.69 Å². The van der Waals surface area contributed by atoms with Gasteiger partial charge in [-0.3, -0.25) is 9.59 Å². The minimum atomic E-state index is -3.79. The molecule has 5 rings (SSSR count). The molecule has 9 nitrogen and oxygen atoms in total. The van der Waals surface area contributed by atoms with E-state index in [1.54, 1.807) is 21.7 Å². The molecule has 1 saturated heterocycles. The molecule has 35 heavy (non-hydrogen) atoms. The van der Waals surface area contributed by atoms with Gasteiger partial charge in [-0.25, -0.2) is 13.1 Å². The van der Waals surface area contributed by atoms with Crippen LogP contribution in [-0.4, -0.2) is 65.4 Å². The van der Waals surface area contributed by atoms with E-state index in [0.717, 1.165) is 36.2 Å². The van der Waals surface area contributed by atoms with Crippen LogP contribution < -0.4 is 5.32 Å². The topological polar surface area (TPSA) is 105 Å². The van der Waals surface area contributed by atoms with E-state index in [-0.39, 0.29) is 29.5 Å². The summed E-state index contributed by atoms with van der Waals surface area (Å²) in [6.07, 6.45) is 2.68. The van der Waals surface area contributed by atoms with E-state index in [0.29, 0.717) is 18.9 Å². The Balaban J connectivity index is 1.40. The molecule has 2 aromatic carbocycles. The van der Waals surface area contributed by atoms with Crippen LogP contribution in [0.5, 0.6) is 0 Å². The fourth-order valence-corrected chi connectivity index (χ4v) is 6.11. The average molecular weight is 494 g/mol. The van der Waals surface area contributed by atoms with Crippen molar-refractivity contribution in [2.24, 2.45) is 0 Å². The molecule has 0 unspecified atom stereocenters. The van der Waals surface area contributed by atoms with Crippen molar-refractivity contribution in [2.75, 3.05) is 31.5 Å². The van der Waals surface area contributed by atoms with E-state index < -0.39 is 15.9 Å². The standard InChI is InChI=1S/C25H27N5O4S/c1-18(31)28-13-15-29(16-14-28)35(33,34)21-10-5-7-19(17-21)25(32)26-24-22-11-6-12-23(22)27-30(24)20-8-3-2-4-9-20/h2-5,7-10,17H,6,11-16H2,1H3,(H,26,32). The molecule has 1 fully saturated rings. The van der Waals surface area contributed by atoms with Gasteiger partial charge in [-0.05, 0) is 49.6 Å². The first-order chi connectivity index (χ1) is 16.8. The predicted molar refractivity (Wildman–Crippen MR) is 131 cm³/mol. The van der Waals surface area contributed by atoms with Gasteiger partial charge in [0.1, 0.15) is 5.82 Å². The molecule has 0 spiro atoms.